The molecule has 1 heterocycles. The van der Waals surface area contributed by atoms with Crippen LogP contribution in [0, 0.1) is 13.8 Å². The van der Waals surface area contributed by atoms with Crippen molar-refractivity contribution in [3.8, 4) is 0 Å². The van der Waals surface area contributed by atoms with E-state index in [0.29, 0.717) is 17.7 Å². The molecule has 0 radical (unpaired) electrons. The number of carbonyl (C=O) groups is 1. The van der Waals surface area contributed by atoms with E-state index in [1.807, 2.05) is 45.9 Å². The van der Waals surface area contributed by atoms with Crippen molar-refractivity contribution in [3.05, 3.63) is 78.6 Å². The van der Waals surface area contributed by atoms with Crippen LogP contribution in [0.3, 0.4) is 0 Å². The Labute approximate surface area is 158 Å². The van der Waals surface area contributed by atoms with Crippen LogP contribution in [0.15, 0.2) is 39.4 Å². The number of aromatic nitrogens is 2. The molecule has 0 saturated heterocycles. The number of benzene rings is 1. The molecule has 1 N–H and O–H groups in total. The average Bonchev–Trinajstić information content (AvgIpc) is 3.08. The zero-order valence-electron chi connectivity index (χ0n) is 16.4. The summed E-state index contributed by atoms with van der Waals surface area (Å²) < 4.78 is 1.45. The number of hydrogen-bond acceptors (Lipinski definition) is 3. The van der Waals surface area contributed by atoms with Crippen molar-refractivity contribution in [2.24, 2.45) is 0 Å². The number of H-pyrrole nitrogens is 1. The lowest BCUT2D eigenvalue weighted by molar-refractivity contribution is 0.102. The number of aromatic amines is 1. The number of ketones is 1. The second-order valence-electron chi connectivity index (χ2n) is 7.72. The lowest BCUT2D eigenvalue weighted by Gasteiger charge is -2.18. The van der Waals surface area contributed by atoms with E-state index in [2.05, 4.69) is 11.1 Å². The summed E-state index contributed by atoms with van der Waals surface area (Å²) in [6, 6.07) is 5.61. The van der Waals surface area contributed by atoms with Crippen LogP contribution in [0.5, 0.6) is 0 Å². The van der Waals surface area contributed by atoms with E-state index >= 15 is 0 Å². The van der Waals surface area contributed by atoms with Gasteiger partial charge in [0.05, 0.1) is 0 Å². The maximum absolute atomic E-state index is 13.4. The molecule has 1 aromatic carbocycles. The quantitative estimate of drug-likeness (QED) is 0.649. The van der Waals surface area contributed by atoms with Gasteiger partial charge in [-0.05, 0) is 51.2 Å². The maximum Gasteiger partial charge on any atom is 0.329 e. The SMILES string of the molecule is Cc1cc(C)cc(C(=O)c2c(C(C)C)c(=O)[nH]c(=O)n2CC2=CCCC2)c1. The summed E-state index contributed by atoms with van der Waals surface area (Å²) in [6.07, 6.45) is 5.09. The highest BCUT2D eigenvalue weighted by Gasteiger charge is 2.25. The largest absolute Gasteiger partial charge is 0.329 e. The fraction of sp³-hybridized carbons (Fsp3) is 0.409. The van der Waals surface area contributed by atoms with Gasteiger partial charge in [-0.25, -0.2) is 4.79 Å². The van der Waals surface area contributed by atoms with Gasteiger partial charge >= 0.3 is 5.69 Å². The molecule has 0 fully saturated rings. The van der Waals surface area contributed by atoms with E-state index in [9.17, 15) is 14.4 Å². The molecule has 1 aliphatic carbocycles. The minimum absolute atomic E-state index is 0.178. The van der Waals surface area contributed by atoms with Crippen molar-refractivity contribution in [2.45, 2.75) is 59.4 Å². The number of rotatable bonds is 5. The summed E-state index contributed by atoms with van der Waals surface area (Å²) in [5, 5.41) is 0. The Balaban J connectivity index is 2.25. The molecular formula is C22H26N2O3. The van der Waals surface area contributed by atoms with E-state index in [1.54, 1.807) is 0 Å². The third kappa shape index (κ3) is 3.87. The first-order valence-electron chi connectivity index (χ1n) is 9.46. The first-order valence-corrected chi connectivity index (χ1v) is 9.46. The van der Waals surface area contributed by atoms with Crippen LogP contribution in [-0.2, 0) is 6.54 Å². The number of hydrogen-bond donors (Lipinski definition) is 1. The molecule has 0 saturated carbocycles. The Kier molecular flexibility index (Phi) is 5.31. The highest BCUT2D eigenvalue weighted by molar-refractivity contribution is 6.09. The molecule has 5 heteroatoms. The van der Waals surface area contributed by atoms with Crippen LogP contribution in [0.25, 0.3) is 0 Å². The summed E-state index contributed by atoms with van der Waals surface area (Å²) in [5.41, 5.74) is 3.18. The molecule has 0 amide bonds. The summed E-state index contributed by atoms with van der Waals surface area (Å²) in [4.78, 5) is 41.0. The van der Waals surface area contributed by atoms with E-state index in [1.165, 1.54) is 4.57 Å². The number of nitrogens with one attached hydrogen (secondary N) is 1. The van der Waals surface area contributed by atoms with Gasteiger partial charge in [0.1, 0.15) is 5.69 Å². The molecule has 3 rings (SSSR count). The zero-order valence-corrected chi connectivity index (χ0v) is 16.4. The molecular weight excluding hydrogens is 340 g/mol. The van der Waals surface area contributed by atoms with Crippen LogP contribution in [0.2, 0.25) is 0 Å². The summed E-state index contributed by atoms with van der Waals surface area (Å²) >= 11 is 0. The summed E-state index contributed by atoms with van der Waals surface area (Å²) in [5.74, 6) is -0.449. The molecule has 1 aliphatic rings. The smallest absolute Gasteiger partial charge is 0.287 e. The highest BCUT2D eigenvalue weighted by Crippen LogP contribution is 2.23. The van der Waals surface area contributed by atoms with Gasteiger partial charge in [0.2, 0.25) is 5.78 Å². The van der Waals surface area contributed by atoms with Crippen molar-refractivity contribution in [3.63, 3.8) is 0 Å². The summed E-state index contributed by atoms with van der Waals surface area (Å²) in [7, 11) is 0. The number of nitrogens with zero attached hydrogens (tertiary/aromatic N) is 1. The van der Waals surface area contributed by atoms with Crippen LogP contribution in [0.1, 0.15) is 71.8 Å². The van der Waals surface area contributed by atoms with Crippen LogP contribution < -0.4 is 11.2 Å². The third-order valence-electron chi connectivity index (χ3n) is 5.01. The Morgan fingerprint density at radius 3 is 2.37 bits per heavy atom. The Morgan fingerprint density at radius 1 is 1.15 bits per heavy atom. The van der Waals surface area contributed by atoms with Crippen molar-refractivity contribution >= 4 is 5.78 Å². The van der Waals surface area contributed by atoms with E-state index in [4.69, 9.17) is 0 Å². The Morgan fingerprint density at radius 2 is 1.81 bits per heavy atom. The molecule has 142 valence electrons. The molecule has 5 nitrogen and oxygen atoms in total. The molecule has 0 spiro atoms. The number of allylic oxidation sites excluding steroid dienone is 2. The fourth-order valence-corrected chi connectivity index (χ4v) is 3.84. The van der Waals surface area contributed by atoms with Crippen LogP contribution in [-0.4, -0.2) is 15.3 Å². The first kappa shape index (κ1) is 19.1. The van der Waals surface area contributed by atoms with Gasteiger partial charge in [0, 0.05) is 17.7 Å². The molecule has 0 atom stereocenters. The Bertz CT molecular complexity index is 1020. The van der Waals surface area contributed by atoms with Gasteiger partial charge in [-0.2, -0.15) is 0 Å². The molecule has 27 heavy (non-hydrogen) atoms. The van der Waals surface area contributed by atoms with Gasteiger partial charge in [-0.1, -0.05) is 42.7 Å². The van der Waals surface area contributed by atoms with Crippen molar-refractivity contribution < 1.29 is 4.79 Å². The minimum Gasteiger partial charge on any atom is -0.287 e. The lowest BCUT2D eigenvalue weighted by atomic mass is 9.95. The van der Waals surface area contributed by atoms with Gasteiger partial charge in [-0.3, -0.25) is 19.1 Å². The van der Waals surface area contributed by atoms with Crippen molar-refractivity contribution in [1.29, 1.82) is 0 Å². The van der Waals surface area contributed by atoms with Gasteiger partial charge in [0.15, 0.2) is 0 Å². The van der Waals surface area contributed by atoms with Gasteiger partial charge < -0.3 is 0 Å². The Hall–Kier alpha value is -2.69. The standard InChI is InChI=1S/C22H26N2O3/c1-13(2)18-19(20(25)17-10-14(3)9-15(4)11-17)24(22(27)23-21(18)26)12-16-7-5-6-8-16/h7,9-11,13H,5-6,8,12H2,1-4H3,(H,23,26,27). The lowest BCUT2D eigenvalue weighted by Crippen LogP contribution is -2.38. The monoisotopic (exact) mass is 366 g/mol. The van der Waals surface area contributed by atoms with Crippen LogP contribution >= 0.6 is 0 Å². The highest BCUT2D eigenvalue weighted by atomic mass is 16.2. The molecule has 0 unspecified atom stereocenters. The predicted octanol–water partition coefficient (Wildman–Crippen LogP) is 3.62. The zero-order chi connectivity index (χ0) is 19.7. The molecule has 0 aliphatic heterocycles. The van der Waals surface area contributed by atoms with Gasteiger partial charge in [0.25, 0.3) is 5.56 Å². The van der Waals surface area contributed by atoms with Crippen molar-refractivity contribution in [2.75, 3.05) is 0 Å². The summed E-state index contributed by atoms with van der Waals surface area (Å²) in [6.45, 7) is 7.95. The second kappa shape index (κ2) is 7.51. The van der Waals surface area contributed by atoms with Gasteiger partial charge in [-0.15, -0.1) is 0 Å². The molecule has 2 aromatic rings. The second-order valence-corrected chi connectivity index (χ2v) is 7.72. The predicted molar refractivity (Wildman–Crippen MR) is 107 cm³/mol. The fourth-order valence-electron chi connectivity index (χ4n) is 3.84. The van der Waals surface area contributed by atoms with Crippen LogP contribution in [0.4, 0.5) is 0 Å². The third-order valence-corrected chi connectivity index (χ3v) is 5.01. The van der Waals surface area contributed by atoms with E-state index < -0.39 is 11.2 Å². The topological polar surface area (TPSA) is 71.9 Å². The average molecular weight is 366 g/mol. The maximum atomic E-state index is 13.4. The van der Waals surface area contributed by atoms with E-state index in [-0.39, 0.29) is 17.4 Å². The van der Waals surface area contributed by atoms with Crippen molar-refractivity contribution in [1.82, 2.24) is 9.55 Å². The normalized spacial score (nSPS) is 13.9. The number of carbonyl (C=O) groups excluding carboxylic acids is 1. The number of aryl methyl sites for hydroxylation is 2. The first-order chi connectivity index (χ1) is 12.8. The molecule has 1 aromatic heterocycles. The molecule has 0 bridgehead atoms. The minimum atomic E-state index is -0.523. The van der Waals surface area contributed by atoms with E-state index in [0.717, 1.165) is 36.0 Å².